The Morgan fingerprint density at radius 1 is 1.08 bits per heavy atom. The molecule has 4 heterocycles. The lowest BCUT2D eigenvalue weighted by molar-refractivity contribution is -0.137. The molecule has 32 heteroatoms. The van der Waals surface area contributed by atoms with Crippen LogP contribution >= 0.6 is 35.2 Å². The fraction of sp³-hybridized carbons (Fsp3) is 0.593. The van der Waals surface area contributed by atoms with Crippen LogP contribution in [0.25, 0.3) is 11.2 Å². The number of nitrogens with two attached hydrogens (primary N) is 2. The van der Waals surface area contributed by atoms with Crippen LogP contribution < -0.4 is 27.7 Å². The number of nitrogen functional groups attached to an aromatic ring is 1. The topological polar surface area (TPSA) is 436 Å². The van der Waals surface area contributed by atoms with Gasteiger partial charge in [-0.25, -0.2) is 28.6 Å². The van der Waals surface area contributed by atoms with Gasteiger partial charge >= 0.3 is 23.5 Å². The molecule has 4 rings (SSSR count). The number of amides is 2. The number of carbonyl (C=O) groups excluding carboxylic acids is 3. The number of ether oxygens (including phenoxy) is 1. The first-order valence-electron chi connectivity index (χ1n) is 16.9. The standard InChI is InChI=1S/C27H42N9O19P3S/c1-27(2,20(39)24(41)31-4-3-16(37)30-5-6-59-26(42)14(28)7-13-8-50-35-23(13)40)10-52-58(48,49)55-57(46,47)51-9-15-19(54-56(43,44)45)18(38)25(53-15)36-12-34-17-21(29)32-11-33-22(17)36/h8,11-12,14-15,18-20,25,38-39H,3-7,9-10,28H2,1-2H3,(H,30,37)(H,31,41)(H,35,40)(H,46,47)(H,48,49)(H2,29,32,33)(H2,43,44,45)/t14-,15?,18?,19?,20?,25?/m0/s1. The van der Waals surface area contributed by atoms with E-state index >= 15 is 0 Å². The van der Waals surface area contributed by atoms with Gasteiger partial charge in [0.15, 0.2) is 17.7 Å². The zero-order valence-electron chi connectivity index (χ0n) is 30.8. The van der Waals surface area contributed by atoms with Crippen LogP contribution in [0.2, 0.25) is 0 Å². The molecule has 0 saturated carbocycles. The van der Waals surface area contributed by atoms with Crippen LogP contribution in [-0.4, -0.2) is 134 Å². The number of aromatic nitrogens is 5. The first kappa shape index (κ1) is 48.2. The fourth-order valence-corrected chi connectivity index (χ4v) is 8.65. The highest BCUT2D eigenvalue weighted by Gasteiger charge is 2.50. The monoisotopic (exact) mass is 921 g/mol. The molecular weight excluding hydrogens is 879 g/mol. The lowest BCUT2D eigenvalue weighted by Crippen LogP contribution is -2.46. The molecule has 1 fully saturated rings. The van der Waals surface area contributed by atoms with E-state index in [-0.39, 0.29) is 54.2 Å². The molecule has 0 spiro atoms. The molecular formula is C27H42N9O19P3S. The average molecular weight is 922 g/mol. The summed E-state index contributed by atoms with van der Waals surface area (Å²) in [6, 6.07) is -0.980. The van der Waals surface area contributed by atoms with Gasteiger partial charge in [0, 0.05) is 37.1 Å². The summed E-state index contributed by atoms with van der Waals surface area (Å²) in [5, 5.41) is 27.9. The van der Waals surface area contributed by atoms with Crippen molar-refractivity contribution in [3.05, 3.63) is 34.8 Å². The van der Waals surface area contributed by atoms with Crippen molar-refractivity contribution < 1.29 is 85.0 Å². The maximum Gasteiger partial charge on any atom is 0.481 e. The fourth-order valence-electron chi connectivity index (χ4n) is 5.12. The molecule has 13 N–H and O–H groups in total. The van der Waals surface area contributed by atoms with Gasteiger partial charge in [-0.1, -0.05) is 25.6 Å². The van der Waals surface area contributed by atoms with Gasteiger partial charge in [0.1, 0.15) is 42.5 Å². The lowest BCUT2D eigenvalue weighted by atomic mass is 9.87. The third kappa shape index (κ3) is 13.8. The minimum absolute atomic E-state index is 0.0189. The highest BCUT2D eigenvalue weighted by molar-refractivity contribution is 8.13. The Labute approximate surface area is 336 Å². The second-order valence-electron chi connectivity index (χ2n) is 13.2. The molecule has 7 unspecified atom stereocenters. The summed E-state index contributed by atoms with van der Waals surface area (Å²) < 4.78 is 66.7. The third-order valence-electron chi connectivity index (χ3n) is 8.13. The zero-order valence-corrected chi connectivity index (χ0v) is 34.3. The minimum atomic E-state index is -5.59. The molecule has 1 aliphatic rings. The first-order valence-corrected chi connectivity index (χ1v) is 22.4. The van der Waals surface area contributed by atoms with Crippen molar-refractivity contribution in [2.24, 2.45) is 11.1 Å². The number of carbonyl (C=O) groups is 3. The average Bonchev–Trinajstić information content (AvgIpc) is 3.84. The quantitative estimate of drug-likeness (QED) is 0.0367. The minimum Gasteiger partial charge on any atom is -0.387 e. The van der Waals surface area contributed by atoms with E-state index in [0.717, 1.165) is 35.2 Å². The molecule has 330 valence electrons. The summed E-state index contributed by atoms with van der Waals surface area (Å²) in [5.74, 6) is -1.44. The highest BCUT2D eigenvalue weighted by Crippen LogP contribution is 2.61. The predicted molar refractivity (Wildman–Crippen MR) is 198 cm³/mol. The second kappa shape index (κ2) is 19.9. The van der Waals surface area contributed by atoms with E-state index in [1.165, 1.54) is 13.8 Å². The van der Waals surface area contributed by atoms with Crippen molar-refractivity contribution in [3.8, 4) is 0 Å². The smallest absolute Gasteiger partial charge is 0.387 e. The number of imidazole rings is 1. The van der Waals surface area contributed by atoms with Gasteiger partial charge < -0.3 is 61.1 Å². The summed E-state index contributed by atoms with van der Waals surface area (Å²) in [5.41, 5.74) is 9.70. The summed E-state index contributed by atoms with van der Waals surface area (Å²) in [6.45, 7) is 0.181. The molecule has 0 radical (unpaired) electrons. The summed E-state index contributed by atoms with van der Waals surface area (Å²) in [6.07, 6.45) is -6.00. The van der Waals surface area contributed by atoms with Crippen LogP contribution in [0.4, 0.5) is 5.82 Å². The molecule has 0 aliphatic carbocycles. The number of aliphatic hydroxyl groups is 2. The molecule has 3 aromatic heterocycles. The van der Waals surface area contributed by atoms with Crippen molar-refractivity contribution in [2.75, 3.05) is 37.8 Å². The molecule has 3 aromatic rings. The van der Waals surface area contributed by atoms with Crippen LogP contribution in [-0.2, 0) is 57.1 Å². The summed E-state index contributed by atoms with van der Waals surface area (Å²) in [7, 11) is -16.5. The van der Waals surface area contributed by atoms with Crippen LogP contribution in [0.15, 0.2) is 28.2 Å². The molecule has 0 bridgehead atoms. The lowest BCUT2D eigenvalue weighted by Gasteiger charge is -2.30. The Morgan fingerprint density at radius 3 is 2.44 bits per heavy atom. The number of aromatic amines is 1. The van der Waals surface area contributed by atoms with Gasteiger partial charge in [0.25, 0.3) is 5.56 Å². The summed E-state index contributed by atoms with van der Waals surface area (Å²) in [4.78, 5) is 99.3. The number of aliphatic hydroxyl groups excluding tert-OH is 2. The van der Waals surface area contributed by atoms with E-state index in [4.69, 9.17) is 25.3 Å². The van der Waals surface area contributed by atoms with Crippen LogP contribution in [0.5, 0.6) is 0 Å². The van der Waals surface area contributed by atoms with E-state index in [0.29, 0.717) is 0 Å². The molecule has 8 atom stereocenters. The van der Waals surface area contributed by atoms with E-state index in [1.54, 1.807) is 0 Å². The van der Waals surface area contributed by atoms with Gasteiger partial charge in [0.2, 0.25) is 16.9 Å². The number of rotatable bonds is 22. The van der Waals surface area contributed by atoms with E-state index in [1.807, 2.05) is 0 Å². The Kier molecular flexibility index (Phi) is 16.3. The Hall–Kier alpha value is -3.47. The number of nitrogens with one attached hydrogen (secondary N) is 3. The predicted octanol–water partition coefficient (Wildman–Crippen LogP) is -2.48. The maximum absolute atomic E-state index is 12.7. The van der Waals surface area contributed by atoms with Crippen LogP contribution in [0, 0.1) is 5.41 Å². The van der Waals surface area contributed by atoms with Crippen LogP contribution in [0.1, 0.15) is 32.1 Å². The van der Waals surface area contributed by atoms with Gasteiger partial charge in [-0.05, 0) is 0 Å². The Balaban J connectivity index is 1.21. The number of phosphoric acid groups is 3. The van der Waals surface area contributed by atoms with Gasteiger partial charge in [-0.15, -0.1) is 0 Å². The number of thioether (sulfide) groups is 1. The number of H-pyrrole nitrogens is 1. The van der Waals surface area contributed by atoms with Crippen molar-refractivity contribution in [1.29, 1.82) is 0 Å². The van der Waals surface area contributed by atoms with Crippen molar-refractivity contribution in [3.63, 3.8) is 0 Å². The second-order valence-corrected chi connectivity index (χ2v) is 18.6. The molecule has 2 amide bonds. The molecule has 0 aromatic carbocycles. The number of nitrogens with zero attached hydrogens (tertiary/aromatic N) is 4. The van der Waals surface area contributed by atoms with Crippen molar-refractivity contribution >= 4 is 69.1 Å². The van der Waals surface area contributed by atoms with Gasteiger partial charge in [-0.3, -0.25) is 37.3 Å². The Morgan fingerprint density at radius 2 is 1.78 bits per heavy atom. The van der Waals surface area contributed by atoms with Crippen molar-refractivity contribution in [1.82, 2.24) is 35.3 Å². The normalized spacial score (nSPS) is 21.7. The number of hydrogen-bond donors (Lipinski definition) is 11. The van der Waals surface area contributed by atoms with E-state index in [2.05, 4.69) is 44.1 Å². The molecule has 28 nitrogen and oxygen atoms in total. The largest absolute Gasteiger partial charge is 0.481 e. The van der Waals surface area contributed by atoms with Gasteiger partial charge in [-0.2, -0.15) is 9.47 Å². The molecule has 1 aliphatic heterocycles. The summed E-state index contributed by atoms with van der Waals surface area (Å²) >= 11 is 0.838. The number of fused-ring (bicyclic) bond motifs is 1. The van der Waals surface area contributed by atoms with Crippen LogP contribution in [0.3, 0.4) is 0 Å². The third-order valence-corrected chi connectivity index (χ3v) is 12.2. The van der Waals surface area contributed by atoms with Crippen molar-refractivity contribution in [2.45, 2.75) is 63.4 Å². The Bertz CT molecular complexity index is 2160. The number of phosphoric ester groups is 3. The van der Waals surface area contributed by atoms with Gasteiger partial charge in [0.05, 0.1) is 31.1 Å². The first-order chi connectivity index (χ1) is 27.4. The zero-order chi connectivity index (χ0) is 43.9. The SMILES string of the molecule is CC(C)(COP(=O)(O)OP(=O)(O)OCC1OC(n2cnc3c(N)ncnc32)C(O)C1OP(=O)(O)O)C(O)C(=O)NCCC(=O)NCCSC(=O)[C@@H](N)Cc1co[nH]c1=O. The number of hydrogen-bond acceptors (Lipinski definition) is 21. The molecule has 59 heavy (non-hydrogen) atoms. The molecule has 1 saturated heterocycles. The van der Waals surface area contributed by atoms with E-state index in [9.17, 15) is 62.7 Å². The highest BCUT2D eigenvalue weighted by atomic mass is 32.2. The maximum atomic E-state index is 12.7. The number of anilines is 1. The van der Waals surface area contributed by atoms with E-state index < -0.39 is 101 Å².